The Kier molecular flexibility index (Phi) is 2.73. The van der Waals surface area contributed by atoms with Crippen LogP contribution in [0, 0.1) is 0 Å². The van der Waals surface area contributed by atoms with Crippen LogP contribution in [0.3, 0.4) is 0 Å². The molecule has 1 aromatic carbocycles. The van der Waals surface area contributed by atoms with Crippen LogP contribution in [0.4, 0.5) is 0 Å². The Morgan fingerprint density at radius 2 is 2.12 bits per heavy atom. The third-order valence-corrected chi connectivity index (χ3v) is 5.00. The van der Waals surface area contributed by atoms with E-state index in [0.29, 0.717) is 16.1 Å². The smallest absolute Gasteiger partial charge is 0.0646 e. The van der Waals surface area contributed by atoms with Gasteiger partial charge in [-0.25, -0.2) is 0 Å². The quantitative estimate of drug-likeness (QED) is 0.688. The van der Waals surface area contributed by atoms with Gasteiger partial charge >= 0.3 is 0 Å². The average molecular weight is 268 g/mol. The molecule has 2 aliphatic rings. The molecule has 2 atom stereocenters. The van der Waals surface area contributed by atoms with Crippen molar-refractivity contribution in [1.29, 1.82) is 0 Å². The molecular formula is C14H15Cl2N. The number of rotatable bonds is 1. The minimum absolute atomic E-state index is 0.0388. The van der Waals surface area contributed by atoms with E-state index in [1.807, 2.05) is 12.1 Å². The van der Waals surface area contributed by atoms with Crippen LogP contribution in [0.25, 0.3) is 0 Å². The fourth-order valence-corrected chi connectivity index (χ4v) is 3.49. The first kappa shape index (κ1) is 11.6. The lowest BCUT2D eigenvalue weighted by atomic mass is 9.86. The predicted octanol–water partition coefficient (Wildman–Crippen LogP) is 4.24. The Balaban J connectivity index is 2.10. The molecule has 0 N–H and O–H groups in total. The summed E-state index contributed by atoms with van der Waals surface area (Å²) in [4.78, 5) is 2.48. The molecule has 0 radical (unpaired) electrons. The summed E-state index contributed by atoms with van der Waals surface area (Å²) in [5, 5.41) is 1.28. The van der Waals surface area contributed by atoms with Crippen molar-refractivity contribution in [3.05, 3.63) is 46.0 Å². The molecule has 2 aliphatic heterocycles. The Hall–Kier alpha value is -0.500. The molecule has 1 fully saturated rings. The van der Waals surface area contributed by atoms with E-state index in [1.165, 1.54) is 24.8 Å². The largest absolute Gasteiger partial charge is 0.290 e. The molecular weight excluding hydrogens is 253 g/mol. The van der Waals surface area contributed by atoms with Crippen molar-refractivity contribution in [2.45, 2.75) is 30.8 Å². The zero-order chi connectivity index (χ0) is 12.0. The van der Waals surface area contributed by atoms with Gasteiger partial charge in [0.2, 0.25) is 0 Å². The number of nitrogens with zero attached hydrogens (tertiary/aromatic N) is 1. The number of halogens is 2. The van der Waals surface area contributed by atoms with Crippen molar-refractivity contribution in [3.8, 4) is 0 Å². The molecule has 90 valence electrons. The van der Waals surface area contributed by atoms with Gasteiger partial charge in [-0.05, 0) is 44.0 Å². The highest BCUT2D eigenvalue weighted by Gasteiger charge is 2.45. The zero-order valence-electron chi connectivity index (χ0n) is 9.79. The van der Waals surface area contributed by atoms with Crippen molar-refractivity contribution < 1.29 is 0 Å². The topological polar surface area (TPSA) is 3.24 Å². The second kappa shape index (κ2) is 4.01. The highest BCUT2D eigenvalue weighted by Crippen LogP contribution is 2.46. The number of benzene rings is 1. The summed E-state index contributed by atoms with van der Waals surface area (Å²) in [6, 6.07) is 6.69. The molecule has 0 amide bonds. The lowest BCUT2D eigenvalue weighted by Gasteiger charge is -2.39. The third kappa shape index (κ3) is 1.64. The summed E-state index contributed by atoms with van der Waals surface area (Å²) in [6.07, 6.45) is 8.22. The van der Waals surface area contributed by atoms with Crippen molar-refractivity contribution in [3.63, 3.8) is 0 Å². The standard InChI is InChI=1S/C14H15Cl2N/c1-17-11-3-2-7-14(17,8-6-11)10-4-5-12(15)13(16)9-10/h2,4-5,7,9,11H,3,6,8H2,1H3. The van der Waals surface area contributed by atoms with Crippen LogP contribution < -0.4 is 0 Å². The van der Waals surface area contributed by atoms with Crippen LogP contribution in [0.2, 0.25) is 10.0 Å². The summed E-state index contributed by atoms with van der Waals surface area (Å²) in [5.41, 5.74) is 1.30. The van der Waals surface area contributed by atoms with Crippen LogP contribution >= 0.6 is 23.2 Å². The minimum atomic E-state index is 0.0388. The normalized spacial score (nSPS) is 32.1. The van der Waals surface area contributed by atoms with Crippen LogP contribution in [0.15, 0.2) is 30.4 Å². The number of fused-ring (bicyclic) bond motifs is 2. The Morgan fingerprint density at radius 3 is 2.88 bits per heavy atom. The molecule has 0 aromatic heterocycles. The maximum atomic E-state index is 6.14. The SMILES string of the molecule is CN1C2CC=CC1(c1ccc(Cl)c(Cl)c1)CC2. The molecule has 1 aromatic rings. The van der Waals surface area contributed by atoms with E-state index >= 15 is 0 Å². The van der Waals surface area contributed by atoms with E-state index in [1.54, 1.807) is 0 Å². The first-order valence-electron chi connectivity index (χ1n) is 6.00. The van der Waals surface area contributed by atoms with E-state index in [-0.39, 0.29) is 5.54 Å². The van der Waals surface area contributed by atoms with E-state index in [2.05, 4.69) is 30.2 Å². The van der Waals surface area contributed by atoms with Gasteiger partial charge in [-0.2, -0.15) is 0 Å². The molecule has 0 aliphatic carbocycles. The lowest BCUT2D eigenvalue weighted by Crippen LogP contribution is -2.42. The van der Waals surface area contributed by atoms with Crippen LogP contribution in [0.1, 0.15) is 24.8 Å². The number of likely N-dealkylation sites (N-methyl/N-ethyl adjacent to an activating group) is 1. The average Bonchev–Trinajstić information content (AvgIpc) is 2.53. The summed E-state index contributed by atoms with van der Waals surface area (Å²) in [5.74, 6) is 0. The molecule has 0 spiro atoms. The van der Waals surface area contributed by atoms with Crippen LogP contribution in [0.5, 0.6) is 0 Å². The van der Waals surface area contributed by atoms with Crippen molar-refractivity contribution in [2.75, 3.05) is 7.05 Å². The highest BCUT2D eigenvalue weighted by molar-refractivity contribution is 6.42. The molecule has 0 saturated carbocycles. The van der Waals surface area contributed by atoms with Crippen molar-refractivity contribution >= 4 is 23.2 Å². The Morgan fingerprint density at radius 1 is 1.29 bits per heavy atom. The van der Waals surface area contributed by atoms with Gasteiger partial charge in [0.15, 0.2) is 0 Å². The second-order valence-corrected chi connectivity index (χ2v) is 5.81. The lowest BCUT2D eigenvalue weighted by molar-refractivity contribution is 0.168. The van der Waals surface area contributed by atoms with E-state index in [4.69, 9.17) is 23.2 Å². The first-order valence-corrected chi connectivity index (χ1v) is 6.75. The van der Waals surface area contributed by atoms with E-state index in [9.17, 15) is 0 Å². The molecule has 2 heterocycles. The summed E-state index contributed by atoms with van der Waals surface area (Å²) in [6.45, 7) is 0. The molecule has 2 unspecified atom stereocenters. The molecule has 1 nitrogen and oxygen atoms in total. The van der Waals surface area contributed by atoms with Crippen molar-refractivity contribution in [2.24, 2.45) is 0 Å². The van der Waals surface area contributed by atoms with Gasteiger partial charge in [-0.3, -0.25) is 4.90 Å². The van der Waals surface area contributed by atoms with Gasteiger partial charge in [0.25, 0.3) is 0 Å². The minimum Gasteiger partial charge on any atom is -0.290 e. The van der Waals surface area contributed by atoms with Gasteiger partial charge in [0.05, 0.1) is 15.6 Å². The highest BCUT2D eigenvalue weighted by atomic mass is 35.5. The van der Waals surface area contributed by atoms with Crippen molar-refractivity contribution in [1.82, 2.24) is 4.90 Å². The van der Waals surface area contributed by atoms with Crippen LogP contribution in [-0.4, -0.2) is 18.0 Å². The summed E-state index contributed by atoms with van der Waals surface area (Å²) in [7, 11) is 2.21. The van der Waals surface area contributed by atoms with Gasteiger partial charge in [-0.15, -0.1) is 0 Å². The Bertz CT molecular complexity index is 483. The number of hydrogen-bond donors (Lipinski definition) is 0. The van der Waals surface area contributed by atoms with Crippen LogP contribution in [-0.2, 0) is 5.54 Å². The fourth-order valence-electron chi connectivity index (χ4n) is 3.19. The fraction of sp³-hybridized carbons (Fsp3) is 0.429. The molecule has 1 saturated heterocycles. The molecule has 2 bridgehead atoms. The van der Waals surface area contributed by atoms with Gasteiger partial charge in [0, 0.05) is 6.04 Å². The monoisotopic (exact) mass is 267 g/mol. The van der Waals surface area contributed by atoms with Gasteiger partial charge < -0.3 is 0 Å². The maximum absolute atomic E-state index is 6.14. The van der Waals surface area contributed by atoms with E-state index < -0.39 is 0 Å². The molecule has 3 heteroatoms. The van der Waals surface area contributed by atoms with Gasteiger partial charge in [0.1, 0.15) is 0 Å². The van der Waals surface area contributed by atoms with Gasteiger partial charge in [-0.1, -0.05) is 41.4 Å². The first-order chi connectivity index (χ1) is 8.13. The second-order valence-electron chi connectivity index (χ2n) is 4.99. The van der Waals surface area contributed by atoms with E-state index in [0.717, 1.165) is 0 Å². The zero-order valence-corrected chi connectivity index (χ0v) is 11.3. The predicted molar refractivity (Wildman–Crippen MR) is 72.7 cm³/mol. The Labute approximate surface area is 112 Å². The number of hydrogen-bond acceptors (Lipinski definition) is 1. The maximum Gasteiger partial charge on any atom is 0.0646 e. The summed E-state index contributed by atoms with van der Waals surface area (Å²) >= 11 is 12.1. The molecule has 17 heavy (non-hydrogen) atoms. The molecule has 3 rings (SSSR count). The third-order valence-electron chi connectivity index (χ3n) is 4.26. The summed E-state index contributed by atoms with van der Waals surface area (Å²) < 4.78 is 0.